The number of hydrogen-bond acceptors (Lipinski definition) is 3. The largest absolute Gasteiger partial charge is 0.464 e. The summed E-state index contributed by atoms with van der Waals surface area (Å²) in [7, 11) is 0. The highest BCUT2D eigenvalue weighted by molar-refractivity contribution is 14.0. The van der Waals surface area contributed by atoms with Gasteiger partial charge in [-0.2, -0.15) is 0 Å². The van der Waals surface area contributed by atoms with E-state index in [1.807, 2.05) is 63.2 Å². The van der Waals surface area contributed by atoms with Crippen LogP contribution < -0.4 is 10.6 Å². The first-order valence-corrected chi connectivity index (χ1v) is 8.41. The number of guanidine groups is 1. The molecule has 0 saturated heterocycles. The molecule has 0 spiro atoms. The summed E-state index contributed by atoms with van der Waals surface area (Å²) < 4.78 is 5.63. The molecule has 0 amide bonds. The maximum atomic E-state index is 10.2. The lowest BCUT2D eigenvalue weighted by molar-refractivity contribution is 0.183. The maximum absolute atomic E-state index is 10.2. The summed E-state index contributed by atoms with van der Waals surface area (Å²) in [6.45, 7) is 7.05. The minimum absolute atomic E-state index is 0. The predicted molar refractivity (Wildman–Crippen MR) is 113 cm³/mol. The van der Waals surface area contributed by atoms with Gasteiger partial charge in [-0.25, -0.2) is 0 Å². The number of aliphatic hydroxyl groups is 1. The lowest BCUT2D eigenvalue weighted by Crippen LogP contribution is -2.39. The summed E-state index contributed by atoms with van der Waals surface area (Å²) in [5, 5.41) is 16.7. The zero-order valence-electron chi connectivity index (χ0n) is 15.0. The van der Waals surface area contributed by atoms with Gasteiger partial charge >= 0.3 is 0 Å². The molecule has 2 atom stereocenters. The van der Waals surface area contributed by atoms with Crippen molar-refractivity contribution in [3.8, 4) is 0 Å². The minimum atomic E-state index is -0.510. The number of aryl methyl sites for hydroxylation is 1. The number of aliphatic hydroxyl groups excluding tert-OH is 1. The molecule has 2 rings (SSSR count). The molecule has 0 saturated carbocycles. The third-order valence-corrected chi connectivity index (χ3v) is 3.66. The van der Waals surface area contributed by atoms with Crippen molar-refractivity contribution in [1.29, 1.82) is 0 Å². The highest BCUT2D eigenvalue weighted by Gasteiger charge is 2.12. The molecule has 138 valence electrons. The molecule has 0 aliphatic heterocycles. The Kier molecular flexibility index (Phi) is 9.59. The van der Waals surface area contributed by atoms with Gasteiger partial charge in [-0.15, -0.1) is 24.0 Å². The number of nitrogens with zero attached hydrogens (tertiary/aromatic N) is 1. The number of furan rings is 1. The Bertz CT molecular complexity index is 643. The van der Waals surface area contributed by atoms with E-state index in [9.17, 15) is 5.11 Å². The molecule has 1 aromatic carbocycles. The van der Waals surface area contributed by atoms with Crippen LogP contribution in [0.3, 0.4) is 0 Å². The monoisotopic (exact) mass is 457 g/mol. The van der Waals surface area contributed by atoms with Crippen molar-refractivity contribution in [3.05, 3.63) is 59.5 Å². The van der Waals surface area contributed by atoms with Gasteiger partial charge in [0.1, 0.15) is 11.5 Å². The maximum Gasteiger partial charge on any atom is 0.191 e. The first-order chi connectivity index (χ1) is 11.6. The van der Waals surface area contributed by atoms with E-state index < -0.39 is 6.10 Å². The number of halogens is 1. The van der Waals surface area contributed by atoms with E-state index in [1.165, 1.54) is 0 Å². The fourth-order valence-electron chi connectivity index (χ4n) is 2.43. The zero-order valence-corrected chi connectivity index (χ0v) is 17.4. The molecule has 2 unspecified atom stereocenters. The van der Waals surface area contributed by atoms with Crippen molar-refractivity contribution in [1.82, 2.24) is 10.6 Å². The van der Waals surface area contributed by atoms with Crippen LogP contribution in [0.5, 0.6) is 0 Å². The van der Waals surface area contributed by atoms with Crippen LogP contribution in [-0.2, 0) is 6.42 Å². The summed E-state index contributed by atoms with van der Waals surface area (Å²) in [4.78, 5) is 4.48. The average molecular weight is 457 g/mol. The summed E-state index contributed by atoms with van der Waals surface area (Å²) in [6, 6.07) is 13.9. The zero-order chi connectivity index (χ0) is 17.4. The topological polar surface area (TPSA) is 69.8 Å². The lowest BCUT2D eigenvalue weighted by atomic mass is 10.1. The SMILES string of the molecule is CCNC(=NCC(O)Cc1ccccc1)NC(C)c1ccc(C)o1.I. The molecule has 1 heterocycles. The second kappa shape index (κ2) is 11.1. The van der Waals surface area contributed by atoms with Gasteiger partial charge in [0.15, 0.2) is 5.96 Å². The quantitative estimate of drug-likeness (QED) is 0.339. The Morgan fingerprint density at radius 3 is 2.52 bits per heavy atom. The van der Waals surface area contributed by atoms with Gasteiger partial charge in [0, 0.05) is 13.0 Å². The number of hydrogen-bond donors (Lipinski definition) is 3. The van der Waals surface area contributed by atoms with Crippen molar-refractivity contribution in [2.24, 2.45) is 4.99 Å². The highest BCUT2D eigenvalue weighted by atomic mass is 127. The average Bonchev–Trinajstić information content (AvgIpc) is 3.00. The van der Waals surface area contributed by atoms with Gasteiger partial charge in [-0.3, -0.25) is 4.99 Å². The van der Waals surface area contributed by atoms with Gasteiger partial charge in [0.25, 0.3) is 0 Å². The molecule has 25 heavy (non-hydrogen) atoms. The van der Waals surface area contributed by atoms with Crippen LogP contribution in [0.4, 0.5) is 0 Å². The first-order valence-electron chi connectivity index (χ1n) is 8.41. The molecule has 5 nitrogen and oxygen atoms in total. The fourth-order valence-corrected chi connectivity index (χ4v) is 2.43. The van der Waals surface area contributed by atoms with E-state index in [0.717, 1.165) is 23.6 Å². The number of benzene rings is 1. The third kappa shape index (κ3) is 7.48. The van der Waals surface area contributed by atoms with Crippen LogP contribution >= 0.6 is 24.0 Å². The molecular formula is C19H28IN3O2. The Morgan fingerprint density at radius 1 is 1.20 bits per heavy atom. The smallest absolute Gasteiger partial charge is 0.191 e. The molecule has 0 fully saturated rings. The summed E-state index contributed by atoms with van der Waals surface area (Å²) in [5.74, 6) is 2.42. The van der Waals surface area contributed by atoms with Crippen LogP contribution in [0.25, 0.3) is 0 Å². The van der Waals surface area contributed by atoms with Gasteiger partial charge in [-0.05, 0) is 38.5 Å². The van der Waals surface area contributed by atoms with E-state index in [-0.39, 0.29) is 30.0 Å². The van der Waals surface area contributed by atoms with E-state index in [0.29, 0.717) is 18.9 Å². The normalized spacial score (nSPS) is 13.7. The van der Waals surface area contributed by atoms with Crippen LogP contribution in [0.1, 0.15) is 37.0 Å². The van der Waals surface area contributed by atoms with Crippen molar-refractivity contribution < 1.29 is 9.52 Å². The second-order valence-electron chi connectivity index (χ2n) is 5.88. The number of aliphatic imine (C=N–C) groups is 1. The molecule has 2 aromatic rings. The molecule has 0 bridgehead atoms. The Labute approximate surface area is 167 Å². The Hall–Kier alpha value is -1.54. The van der Waals surface area contributed by atoms with Crippen LogP contribution in [0, 0.1) is 6.92 Å². The lowest BCUT2D eigenvalue weighted by Gasteiger charge is -2.17. The van der Waals surface area contributed by atoms with E-state index in [4.69, 9.17) is 4.42 Å². The molecule has 3 N–H and O–H groups in total. The molecule has 1 aromatic heterocycles. The van der Waals surface area contributed by atoms with E-state index >= 15 is 0 Å². The Morgan fingerprint density at radius 2 is 1.92 bits per heavy atom. The number of nitrogens with one attached hydrogen (secondary N) is 2. The standard InChI is InChI=1S/C19H27N3O2.HI/c1-4-20-19(22-15(3)18-11-10-14(2)24-18)21-13-17(23)12-16-8-6-5-7-9-16;/h5-11,15,17,23H,4,12-13H2,1-3H3,(H2,20,21,22);1H. The van der Waals surface area contributed by atoms with Crippen LogP contribution in [0.15, 0.2) is 51.9 Å². The van der Waals surface area contributed by atoms with Gasteiger partial charge in [0.05, 0.1) is 18.7 Å². The van der Waals surface area contributed by atoms with Crippen molar-refractivity contribution in [2.45, 2.75) is 39.3 Å². The van der Waals surface area contributed by atoms with Gasteiger partial charge in [0.2, 0.25) is 0 Å². The Balaban J connectivity index is 0.00000312. The van der Waals surface area contributed by atoms with Crippen LogP contribution in [-0.4, -0.2) is 30.3 Å². The third-order valence-electron chi connectivity index (χ3n) is 3.66. The highest BCUT2D eigenvalue weighted by Crippen LogP contribution is 2.15. The molecular weight excluding hydrogens is 429 g/mol. The van der Waals surface area contributed by atoms with E-state index in [1.54, 1.807) is 0 Å². The number of rotatable bonds is 7. The van der Waals surface area contributed by atoms with Crippen molar-refractivity contribution in [2.75, 3.05) is 13.1 Å². The summed E-state index contributed by atoms with van der Waals surface area (Å²) in [6.07, 6.45) is 0.0838. The van der Waals surface area contributed by atoms with E-state index in [2.05, 4.69) is 15.6 Å². The van der Waals surface area contributed by atoms with Gasteiger partial charge in [-0.1, -0.05) is 30.3 Å². The van der Waals surface area contributed by atoms with Gasteiger partial charge < -0.3 is 20.2 Å². The molecule has 0 radical (unpaired) electrons. The molecule has 0 aliphatic rings. The summed E-state index contributed by atoms with van der Waals surface area (Å²) >= 11 is 0. The second-order valence-corrected chi connectivity index (χ2v) is 5.88. The fraction of sp³-hybridized carbons (Fsp3) is 0.421. The first kappa shape index (κ1) is 21.5. The summed E-state index contributed by atoms with van der Waals surface area (Å²) in [5.41, 5.74) is 1.11. The predicted octanol–water partition coefficient (Wildman–Crippen LogP) is 3.43. The molecule has 6 heteroatoms. The van der Waals surface area contributed by atoms with Crippen molar-refractivity contribution in [3.63, 3.8) is 0 Å². The molecule has 0 aliphatic carbocycles. The minimum Gasteiger partial charge on any atom is -0.464 e. The van der Waals surface area contributed by atoms with Crippen LogP contribution in [0.2, 0.25) is 0 Å². The van der Waals surface area contributed by atoms with Crippen molar-refractivity contribution >= 4 is 29.9 Å².